The summed E-state index contributed by atoms with van der Waals surface area (Å²) in [6.07, 6.45) is 1.99. The summed E-state index contributed by atoms with van der Waals surface area (Å²) in [6, 6.07) is 6.53. The van der Waals surface area contributed by atoms with Gasteiger partial charge in [-0.1, -0.05) is 23.8 Å². The SMILES string of the molecule is Cc1ccc2c(c1)C(N1C=NCC1)OC2. The first kappa shape index (κ1) is 8.92. The average molecular weight is 202 g/mol. The summed E-state index contributed by atoms with van der Waals surface area (Å²) in [6.45, 7) is 4.71. The van der Waals surface area contributed by atoms with Gasteiger partial charge in [-0.15, -0.1) is 0 Å². The number of aryl methyl sites for hydroxylation is 1. The van der Waals surface area contributed by atoms with Crippen molar-refractivity contribution in [3.63, 3.8) is 0 Å². The molecule has 3 heteroatoms. The van der Waals surface area contributed by atoms with Crippen LogP contribution in [0.1, 0.15) is 22.9 Å². The number of fused-ring (bicyclic) bond motifs is 1. The zero-order valence-corrected chi connectivity index (χ0v) is 8.81. The quantitative estimate of drug-likeness (QED) is 0.694. The first-order valence-corrected chi connectivity index (χ1v) is 5.31. The monoisotopic (exact) mass is 202 g/mol. The molecule has 0 aromatic heterocycles. The normalized spacial score (nSPS) is 23.5. The predicted molar refractivity (Wildman–Crippen MR) is 58.8 cm³/mol. The van der Waals surface area contributed by atoms with Crippen molar-refractivity contribution in [3.05, 3.63) is 34.9 Å². The second kappa shape index (κ2) is 3.35. The third-order valence-electron chi connectivity index (χ3n) is 2.98. The van der Waals surface area contributed by atoms with Gasteiger partial charge in [0.15, 0.2) is 6.23 Å². The van der Waals surface area contributed by atoms with Crippen LogP contribution in [0.25, 0.3) is 0 Å². The summed E-state index contributed by atoms with van der Waals surface area (Å²) in [4.78, 5) is 6.40. The molecule has 0 saturated carbocycles. The topological polar surface area (TPSA) is 24.8 Å². The number of aliphatic imine (C=N–C) groups is 1. The van der Waals surface area contributed by atoms with Gasteiger partial charge in [-0.25, -0.2) is 0 Å². The fourth-order valence-electron chi connectivity index (χ4n) is 2.18. The molecule has 0 aliphatic carbocycles. The fourth-order valence-corrected chi connectivity index (χ4v) is 2.18. The van der Waals surface area contributed by atoms with Crippen molar-refractivity contribution in [2.75, 3.05) is 13.1 Å². The molecule has 0 N–H and O–H groups in total. The average Bonchev–Trinajstić information content (AvgIpc) is 2.83. The smallest absolute Gasteiger partial charge is 0.157 e. The number of hydrogen-bond acceptors (Lipinski definition) is 3. The fraction of sp³-hybridized carbons (Fsp3) is 0.417. The van der Waals surface area contributed by atoms with Gasteiger partial charge < -0.3 is 9.64 Å². The van der Waals surface area contributed by atoms with E-state index in [0.29, 0.717) is 0 Å². The zero-order valence-electron chi connectivity index (χ0n) is 8.81. The minimum absolute atomic E-state index is 0.0890. The molecule has 1 unspecified atom stereocenters. The van der Waals surface area contributed by atoms with Gasteiger partial charge in [0.1, 0.15) is 0 Å². The summed E-state index contributed by atoms with van der Waals surface area (Å²) in [5, 5.41) is 0. The van der Waals surface area contributed by atoms with Crippen LogP contribution in [-0.4, -0.2) is 24.3 Å². The number of rotatable bonds is 1. The Morgan fingerprint density at radius 3 is 3.20 bits per heavy atom. The van der Waals surface area contributed by atoms with E-state index in [-0.39, 0.29) is 6.23 Å². The molecular weight excluding hydrogens is 188 g/mol. The lowest BCUT2D eigenvalue weighted by atomic mass is 10.1. The van der Waals surface area contributed by atoms with Gasteiger partial charge in [0, 0.05) is 12.1 Å². The van der Waals surface area contributed by atoms with Gasteiger partial charge in [-0.3, -0.25) is 4.99 Å². The van der Waals surface area contributed by atoms with Crippen molar-refractivity contribution >= 4 is 6.34 Å². The second-order valence-electron chi connectivity index (χ2n) is 4.13. The van der Waals surface area contributed by atoms with Crippen LogP contribution >= 0.6 is 0 Å². The zero-order chi connectivity index (χ0) is 10.3. The van der Waals surface area contributed by atoms with Crippen LogP contribution in [0.2, 0.25) is 0 Å². The molecule has 0 saturated heterocycles. The third-order valence-corrected chi connectivity index (χ3v) is 2.98. The van der Waals surface area contributed by atoms with Crippen molar-refractivity contribution < 1.29 is 4.74 Å². The van der Waals surface area contributed by atoms with Crippen molar-refractivity contribution in [2.24, 2.45) is 4.99 Å². The lowest BCUT2D eigenvalue weighted by molar-refractivity contribution is -0.0101. The highest BCUT2D eigenvalue weighted by molar-refractivity contribution is 5.58. The molecule has 78 valence electrons. The minimum atomic E-state index is 0.0890. The van der Waals surface area contributed by atoms with Gasteiger partial charge in [-0.05, 0) is 12.5 Å². The van der Waals surface area contributed by atoms with Crippen LogP contribution in [0.3, 0.4) is 0 Å². The van der Waals surface area contributed by atoms with E-state index in [1.807, 2.05) is 6.34 Å². The van der Waals surface area contributed by atoms with Crippen LogP contribution in [0.5, 0.6) is 0 Å². The number of hydrogen-bond donors (Lipinski definition) is 0. The molecule has 0 bridgehead atoms. The standard InChI is InChI=1S/C12H14N2O/c1-9-2-3-10-7-15-12(11(10)6-9)14-5-4-13-8-14/h2-3,6,8,12H,4-5,7H2,1H3. The molecule has 3 nitrogen and oxygen atoms in total. The maximum Gasteiger partial charge on any atom is 0.157 e. The molecular formula is C12H14N2O. The van der Waals surface area contributed by atoms with E-state index < -0.39 is 0 Å². The van der Waals surface area contributed by atoms with E-state index in [9.17, 15) is 0 Å². The number of nitrogens with zero attached hydrogens (tertiary/aromatic N) is 2. The van der Waals surface area contributed by atoms with Crippen molar-refractivity contribution in [2.45, 2.75) is 19.8 Å². The molecule has 2 aliphatic heterocycles. The van der Waals surface area contributed by atoms with E-state index in [0.717, 1.165) is 19.7 Å². The predicted octanol–water partition coefficient (Wildman–Crippen LogP) is 1.87. The summed E-state index contributed by atoms with van der Waals surface area (Å²) in [5.41, 5.74) is 3.91. The lowest BCUT2D eigenvalue weighted by Crippen LogP contribution is -2.25. The molecule has 0 fully saturated rings. The Hall–Kier alpha value is -1.35. The Labute approximate surface area is 89.4 Å². The lowest BCUT2D eigenvalue weighted by Gasteiger charge is -2.22. The highest BCUT2D eigenvalue weighted by Crippen LogP contribution is 2.33. The molecule has 2 heterocycles. The molecule has 15 heavy (non-hydrogen) atoms. The van der Waals surface area contributed by atoms with Crippen molar-refractivity contribution in [1.82, 2.24) is 4.90 Å². The van der Waals surface area contributed by atoms with Crippen LogP contribution in [-0.2, 0) is 11.3 Å². The molecule has 0 amide bonds. The summed E-state index contributed by atoms with van der Waals surface area (Å²) in [7, 11) is 0. The van der Waals surface area contributed by atoms with Crippen molar-refractivity contribution in [3.8, 4) is 0 Å². The number of benzene rings is 1. The van der Waals surface area contributed by atoms with E-state index in [1.165, 1.54) is 16.7 Å². The van der Waals surface area contributed by atoms with Crippen LogP contribution < -0.4 is 0 Å². The van der Waals surface area contributed by atoms with Crippen molar-refractivity contribution in [1.29, 1.82) is 0 Å². The summed E-state index contributed by atoms with van der Waals surface area (Å²) >= 11 is 0. The van der Waals surface area contributed by atoms with Gasteiger partial charge in [-0.2, -0.15) is 0 Å². The van der Waals surface area contributed by atoms with E-state index in [4.69, 9.17) is 4.74 Å². The summed E-state index contributed by atoms with van der Waals surface area (Å²) < 4.78 is 5.80. The maximum absolute atomic E-state index is 5.80. The summed E-state index contributed by atoms with van der Waals surface area (Å²) in [5.74, 6) is 0. The molecule has 1 aromatic carbocycles. The Balaban J connectivity index is 1.96. The van der Waals surface area contributed by atoms with Crippen LogP contribution in [0.15, 0.2) is 23.2 Å². The Kier molecular flexibility index (Phi) is 1.99. The van der Waals surface area contributed by atoms with E-state index >= 15 is 0 Å². The third kappa shape index (κ3) is 1.43. The molecule has 1 atom stereocenters. The van der Waals surface area contributed by atoms with E-state index in [2.05, 4.69) is 35.0 Å². The maximum atomic E-state index is 5.80. The Morgan fingerprint density at radius 1 is 1.47 bits per heavy atom. The van der Waals surface area contributed by atoms with Gasteiger partial charge in [0.25, 0.3) is 0 Å². The first-order valence-electron chi connectivity index (χ1n) is 5.31. The van der Waals surface area contributed by atoms with Crippen LogP contribution in [0, 0.1) is 6.92 Å². The Morgan fingerprint density at radius 2 is 2.40 bits per heavy atom. The second-order valence-corrected chi connectivity index (χ2v) is 4.13. The Bertz CT molecular complexity index is 414. The molecule has 0 radical (unpaired) electrons. The van der Waals surface area contributed by atoms with Gasteiger partial charge >= 0.3 is 0 Å². The van der Waals surface area contributed by atoms with Gasteiger partial charge in [0.05, 0.1) is 19.5 Å². The van der Waals surface area contributed by atoms with Crippen LogP contribution in [0.4, 0.5) is 0 Å². The minimum Gasteiger partial charge on any atom is -0.349 e. The highest BCUT2D eigenvalue weighted by Gasteiger charge is 2.28. The van der Waals surface area contributed by atoms with Gasteiger partial charge in [0.2, 0.25) is 0 Å². The highest BCUT2D eigenvalue weighted by atomic mass is 16.5. The largest absolute Gasteiger partial charge is 0.349 e. The molecule has 2 aliphatic rings. The molecule has 1 aromatic rings. The first-order chi connectivity index (χ1) is 7.34. The molecule has 3 rings (SSSR count). The molecule has 0 spiro atoms. The number of ether oxygens (including phenoxy) is 1. The van der Waals surface area contributed by atoms with E-state index in [1.54, 1.807) is 0 Å².